The van der Waals surface area contributed by atoms with Gasteiger partial charge in [0.15, 0.2) is 10.6 Å². The minimum atomic E-state index is -2.01. The molecule has 3 aromatic carbocycles. The summed E-state index contributed by atoms with van der Waals surface area (Å²) in [4.78, 5) is 11.9. The second kappa shape index (κ2) is 14.3. The summed E-state index contributed by atoms with van der Waals surface area (Å²) in [6.07, 6.45) is -0.875. The first-order valence-electron chi connectivity index (χ1n) is 13.6. The van der Waals surface area contributed by atoms with Gasteiger partial charge in [-0.25, -0.2) is 0 Å². The van der Waals surface area contributed by atoms with Gasteiger partial charge in [0.25, 0.3) is 9.70 Å². The number of carbonyl (C=O) groups excluding carboxylic acids is 1. The smallest absolute Gasteiger partial charge is 0.272 e. The SMILES string of the molecule is Cc1nnc(SC[C@@H]2O[C@H](c3ccc(-c4cccc(CNC(=O)C(Cl)(Cl)Cl)c4)cc3)O[C@H](c3ccc(CO)cc3)[C@@H]2C)s1. The zero-order valence-corrected chi connectivity index (χ0v) is 27.3. The van der Waals surface area contributed by atoms with Crippen molar-refractivity contribution in [2.75, 3.05) is 5.75 Å². The standard InChI is InChI=1S/C31H30Cl3N3O4S2/c1-18-26(17-42-30-37-36-19(2)43-30)40-28(41-27(18)23-8-6-20(16-38)7-9-23)24-12-10-22(11-13-24)25-5-3-4-21(14-25)15-35-29(39)31(32,33)34/h3-14,18,26-28,38H,15-17H2,1-2H3,(H,35,39)/t18-,26+,27+,28+/m1/s1. The Morgan fingerprint density at radius 2 is 1.70 bits per heavy atom. The number of hydrogen-bond acceptors (Lipinski definition) is 8. The Labute approximate surface area is 273 Å². The molecule has 2 N–H and O–H groups in total. The van der Waals surface area contributed by atoms with Crippen molar-refractivity contribution >= 4 is 63.8 Å². The lowest BCUT2D eigenvalue weighted by atomic mass is 9.91. The van der Waals surface area contributed by atoms with E-state index in [9.17, 15) is 9.90 Å². The molecule has 0 saturated carbocycles. The van der Waals surface area contributed by atoms with Gasteiger partial charge < -0.3 is 19.9 Å². The molecule has 1 aliphatic rings. The second-order valence-corrected chi connectivity index (χ2v) is 15.0. The Morgan fingerprint density at radius 1 is 0.977 bits per heavy atom. The van der Waals surface area contributed by atoms with E-state index in [-0.39, 0.29) is 31.3 Å². The van der Waals surface area contributed by atoms with Gasteiger partial charge in [0.05, 0.1) is 18.8 Å². The average Bonchev–Trinajstić information content (AvgIpc) is 3.44. The highest BCUT2D eigenvalue weighted by Gasteiger charge is 2.38. The molecule has 226 valence electrons. The van der Waals surface area contributed by atoms with Gasteiger partial charge in [-0.05, 0) is 40.8 Å². The number of carbonyl (C=O) groups is 1. The lowest BCUT2D eigenvalue weighted by Gasteiger charge is -2.41. The maximum absolute atomic E-state index is 11.9. The first-order valence-corrected chi connectivity index (χ1v) is 16.5. The number of halogens is 3. The van der Waals surface area contributed by atoms with E-state index in [1.165, 1.54) is 0 Å². The minimum absolute atomic E-state index is 0.00747. The number of benzene rings is 3. The van der Waals surface area contributed by atoms with E-state index in [2.05, 4.69) is 22.4 Å². The van der Waals surface area contributed by atoms with Crippen LogP contribution in [0, 0.1) is 12.8 Å². The van der Waals surface area contributed by atoms with Gasteiger partial charge in [0.1, 0.15) is 5.01 Å². The molecule has 2 heterocycles. The van der Waals surface area contributed by atoms with Crippen molar-refractivity contribution in [3.63, 3.8) is 0 Å². The van der Waals surface area contributed by atoms with Crippen molar-refractivity contribution < 1.29 is 19.4 Å². The summed E-state index contributed by atoms with van der Waals surface area (Å²) in [6.45, 7) is 4.31. The topological polar surface area (TPSA) is 93.6 Å². The second-order valence-electron chi connectivity index (χ2n) is 10.2. The molecule has 1 amide bonds. The summed E-state index contributed by atoms with van der Waals surface area (Å²) >= 11 is 20.2. The van der Waals surface area contributed by atoms with Gasteiger partial charge in [-0.3, -0.25) is 4.79 Å². The summed E-state index contributed by atoms with van der Waals surface area (Å²) in [5, 5.41) is 21.5. The Morgan fingerprint density at radius 3 is 2.35 bits per heavy atom. The molecule has 5 rings (SSSR count). The van der Waals surface area contributed by atoms with Crippen LogP contribution in [0.1, 0.15) is 46.6 Å². The lowest BCUT2D eigenvalue weighted by molar-refractivity contribution is -0.268. The van der Waals surface area contributed by atoms with Crippen LogP contribution in [-0.4, -0.2) is 36.9 Å². The molecule has 0 bridgehead atoms. The fourth-order valence-electron chi connectivity index (χ4n) is 4.78. The fraction of sp³-hybridized carbons (Fsp3) is 0.323. The number of aliphatic hydroxyl groups excluding tert-OH is 1. The first kappa shape index (κ1) is 32.2. The number of amides is 1. The fourth-order valence-corrected chi connectivity index (χ4v) is 6.98. The Balaban J connectivity index is 1.34. The molecule has 1 fully saturated rings. The molecule has 1 saturated heterocycles. The van der Waals surface area contributed by atoms with Crippen LogP contribution >= 0.6 is 57.9 Å². The third-order valence-corrected chi connectivity index (χ3v) is 9.73. The van der Waals surface area contributed by atoms with Crippen LogP contribution in [-0.2, 0) is 27.4 Å². The summed E-state index contributed by atoms with van der Waals surface area (Å²) < 4.78 is 12.0. The van der Waals surface area contributed by atoms with E-state index in [0.29, 0.717) is 5.75 Å². The molecule has 4 atom stereocenters. The molecule has 0 spiro atoms. The zero-order valence-electron chi connectivity index (χ0n) is 23.4. The predicted molar refractivity (Wildman–Crippen MR) is 172 cm³/mol. The Hall–Kier alpha value is -2.21. The van der Waals surface area contributed by atoms with Crippen molar-refractivity contribution in [1.29, 1.82) is 0 Å². The van der Waals surface area contributed by atoms with Crippen molar-refractivity contribution in [1.82, 2.24) is 15.5 Å². The van der Waals surface area contributed by atoms with E-state index in [0.717, 1.165) is 42.7 Å². The molecule has 0 unspecified atom stereocenters. The maximum atomic E-state index is 11.9. The van der Waals surface area contributed by atoms with Gasteiger partial charge in [-0.1, -0.05) is 132 Å². The van der Waals surface area contributed by atoms with E-state index in [4.69, 9.17) is 44.3 Å². The van der Waals surface area contributed by atoms with Crippen LogP contribution in [0.2, 0.25) is 0 Å². The number of aryl methyl sites for hydroxylation is 1. The van der Waals surface area contributed by atoms with Crippen LogP contribution in [0.5, 0.6) is 0 Å². The molecule has 4 aromatic rings. The highest BCUT2D eigenvalue weighted by atomic mass is 35.6. The largest absolute Gasteiger partial charge is 0.392 e. The third-order valence-electron chi connectivity index (χ3n) is 7.16. The number of nitrogens with one attached hydrogen (secondary N) is 1. The van der Waals surface area contributed by atoms with Crippen molar-refractivity contribution in [3.8, 4) is 11.1 Å². The van der Waals surface area contributed by atoms with Crippen LogP contribution in [0.4, 0.5) is 0 Å². The first-order chi connectivity index (χ1) is 20.6. The van der Waals surface area contributed by atoms with Gasteiger partial charge in [-0.15, -0.1) is 10.2 Å². The number of aliphatic hydroxyl groups is 1. The molecular weight excluding hydrogens is 649 g/mol. The minimum Gasteiger partial charge on any atom is -0.392 e. The highest BCUT2D eigenvalue weighted by molar-refractivity contribution is 8.01. The molecular formula is C31H30Cl3N3O4S2. The van der Waals surface area contributed by atoms with E-state index in [1.807, 2.05) is 79.7 Å². The van der Waals surface area contributed by atoms with Crippen LogP contribution in [0.15, 0.2) is 77.1 Å². The summed E-state index contributed by atoms with van der Waals surface area (Å²) in [5.41, 5.74) is 5.65. The number of thioether (sulfide) groups is 1. The summed E-state index contributed by atoms with van der Waals surface area (Å²) in [7, 11) is 0. The molecule has 0 radical (unpaired) electrons. The van der Waals surface area contributed by atoms with E-state index in [1.54, 1.807) is 23.1 Å². The van der Waals surface area contributed by atoms with Crippen molar-refractivity contribution in [3.05, 3.63) is 100 Å². The number of nitrogens with zero attached hydrogens (tertiary/aromatic N) is 2. The molecule has 43 heavy (non-hydrogen) atoms. The van der Waals surface area contributed by atoms with Crippen LogP contribution in [0.25, 0.3) is 11.1 Å². The van der Waals surface area contributed by atoms with E-state index < -0.39 is 16.0 Å². The summed E-state index contributed by atoms with van der Waals surface area (Å²) in [5.74, 6) is 0.106. The Kier molecular flexibility index (Phi) is 10.7. The van der Waals surface area contributed by atoms with E-state index >= 15 is 0 Å². The monoisotopic (exact) mass is 677 g/mol. The number of hydrogen-bond donors (Lipinski definition) is 2. The van der Waals surface area contributed by atoms with Crippen LogP contribution < -0.4 is 5.32 Å². The molecule has 12 heteroatoms. The predicted octanol–water partition coefficient (Wildman–Crippen LogP) is 7.58. The quantitative estimate of drug-likeness (QED) is 0.139. The zero-order chi connectivity index (χ0) is 30.6. The molecule has 0 aliphatic carbocycles. The van der Waals surface area contributed by atoms with Gasteiger partial charge in [0, 0.05) is 23.8 Å². The van der Waals surface area contributed by atoms with Gasteiger partial charge in [0.2, 0.25) is 0 Å². The molecule has 1 aliphatic heterocycles. The van der Waals surface area contributed by atoms with Crippen molar-refractivity contribution in [2.45, 2.75) is 53.6 Å². The molecule has 1 aromatic heterocycles. The van der Waals surface area contributed by atoms with Gasteiger partial charge >= 0.3 is 0 Å². The number of rotatable bonds is 9. The lowest BCUT2D eigenvalue weighted by Crippen LogP contribution is -2.38. The van der Waals surface area contributed by atoms with Crippen molar-refractivity contribution in [2.24, 2.45) is 5.92 Å². The maximum Gasteiger partial charge on any atom is 0.272 e. The van der Waals surface area contributed by atoms with Gasteiger partial charge in [-0.2, -0.15) is 0 Å². The number of alkyl halides is 3. The summed E-state index contributed by atoms with van der Waals surface area (Å²) in [6, 6.07) is 23.8. The molecule has 7 nitrogen and oxygen atoms in total. The highest BCUT2D eigenvalue weighted by Crippen LogP contribution is 2.43. The normalized spacial score (nSPS) is 20.6. The van der Waals surface area contributed by atoms with Crippen LogP contribution in [0.3, 0.4) is 0 Å². The number of aromatic nitrogens is 2. The third kappa shape index (κ3) is 8.29. The number of ether oxygens (including phenoxy) is 2. The average molecular weight is 679 g/mol. The Bertz CT molecular complexity index is 1530.